The number of H-pyrrole nitrogens is 1. The molecule has 0 aliphatic carbocycles. The first kappa shape index (κ1) is 9.48. The van der Waals surface area contributed by atoms with Crippen LogP contribution in [0.15, 0.2) is 36.5 Å². The standard InChI is InChI=1S/C13H14N2O/c16-9-4-5-13-10(7-9)11(8-15-13)12-3-1-2-6-14-12/h1-2,4-5,7-8,12,14-16H,3,6H2. The first-order chi connectivity index (χ1) is 7.84. The molecule has 3 heteroatoms. The molecule has 1 aromatic carbocycles. The van der Waals surface area contributed by atoms with E-state index in [-0.39, 0.29) is 0 Å². The number of phenolic OH excluding ortho intramolecular Hbond substituents is 1. The van der Waals surface area contributed by atoms with E-state index in [9.17, 15) is 5.11 Å². The van der Waals surface area contributed by atoms with E-state index in [0.717, 1.165) is 23.9 Å². The van der Waals surface area contributed by atoms with Gasteiger partial charge in [0.15, 0.2) is 0 Å². The van der Waals surface area contributed by atoms with E-state index in [4.69, 9.17) is 0 Å². The van der Waals surface area contributed by atoms with Crippen molar-refractivity contribution < 1.29 is 5.11 Å². The molecule has 0 saturated heterocycles. The molecule has 0 radical (unpaired) electrons. The molecule has 1 aliphatic heterocycles. The smallest absolute Gasteiger partial charge is 0.116 e. The van der Waals surface area contributed by atoms with E-state index in [0.29, 0.717) is 11.8 Å². The molecule has 0 saturated carbocycles. The lowest BCUT2D eigenvalue weighted by Gasteiger charge is -2.19. The van der Waals surface area contributed by atoms with Crippen molar-refractivity contribution in [3.05, 3.63) is 42.1 Å². The molecule has 2 aromatic rings. The molecule has 0 fully saturated rings. The molecule has 16 heavy (non-hydrogen) atoms. The van der Waals surface area contributed by atoms with Gasteiger partial charge in [-0.15, -0.1) is 0 Å². The topological polar surface area (TPSA) is 48.0 Å². The second-order valence-corrected chi connectivity index (χ2v) is 4.14. The Kier molecular flexibility index (Phi) is 2.18. The number of hydrogen-bond donors (Lipinski definition) is 3. The Hall–Kier alpha value is -1.74. The third-order valence-electron chi connectivity index (χ3n) is 3.09. The first-order valence-electron chi connectivity index (χ1n) is 5.53. The zero-order valence-electron chi connectivity index (χ0n) is 8.90. The fourth-order valence-corrected chi connectivity index (χ4v) is 2.26. The Morgan fingerprint density at radius 2 is 2.19 bits per heavy atom. The maximum atomic E-state index is 9.52. The number of hydrogen-bond acceptors (Lipinski definition) is 2. The minimum Gasteiger partial charge on any atom is -0.508 e. The van der Waals surface area contributed by atoms with Gasteiger partial charge < -0.3 is 15.4 Å². The molecule has 0 spiro atoms. The summed E-state index contributed by atoms with van der Waals surface area (Å²) in [7, 11) is 0. The normalized spacial score (nSPS) is 20.4. The van der Waals surface area contributed by atoms with Gasteiger partial charge in [0.1, 0.15) is 5.75 Å². The molecule has 82 valence electrons. The van der Waals surface area contributed by atoms with Crippen molar-refractivity contribution in [2.45, 2.75) is 12.5 Å². The SMILES string of the molecule is Oc1ccc2[nH]cc(C3CC=CCN3)c2c1. The van der Waals surface area contributed by atoms with Crippen LogP contribution in [0, 0.1) is 0 Å². The maximum absolute atomic E-state index is 9.52. The largest absolute Gasteiger partial charge is 0.508 e. The minimum atomic E-state index is 0.319. The number of nitrogens with one attached hydrogen (secondary N) is 2. The summed E-state index contributed by atoms with van der Waals surface area (Å²) in [5, 5.41) is 14.1. The van der Waals surface area contributed by atoms with Gasteiger partial charge in [0.05, 0.1) is 0 Å². The zero-order valence-corrected chi connectivity index (χ0v) is 8.90. The highest BCUT2D eigenvalue weighted by Crippen LogP contribution is 2.29. The summed E-state index contributed by atoms with van der Waals surface area (Å²) < 4.78 is 0. The molecule has 1 unspecified atom stereocenters. The third kappa shape index (κ3) is 1.49. The number of phenols is 1. The summed E-state index contributed by atoms with van der Waals surface area (Å²) in [5.74, 6) is 0.319. The summed E-state index contributed by atoms with van der Waals surface area (Å²) in [6.45, 7) is 0.913. The van der Waals surface area contributed by atoms with Gasteiger partial charge >= 0.3 is 0 Å². The minimum absolute atomic E-state index is 0.319. The van der Waals surface area contributed by atoms with Crippen LogP contribution < -0.4 is 5.32 Å². The van der Waals surface area contributed by atoms with Gasteiger partial charge in [-0.25, -0.2) is 0 Å². The fraction of sp³-hybridized carbons (Fsp3) is 0.231. The first-order valence-corrected chi connectivity index (χ1v) is 5.53. The van der Waals surface area contributed by atoms with Crippen LogP contribution in [0.3, 0.4) is 0 Å². The van der Waals surface area contributed by atoms with Crippen LogP contribution in [-0.2, 0) is 0 Å². The number of fused-ring (bicyclic) bond motifs is 1. The van der Waals surface area contributed by atoms with E-state index in [1.165, 1.54) is 5.56 Å². The highest BCUT2D eigenvalue weighted by Gasteiger charge is 2.15. The Morgan fingerprint density at radius 3 is 3.00 bits per heavy atom. The van der Waals surface area contributed by atoms with Crippen LogP contribution in [-0.4, -0.2) is 16.6 Å². The second kappa shape index (κ2) is 3.68. The van der Waals surface area contributed by atoms with Crippen LogP contribution in [0.5, 0.6) is 5.75 Å². The molecule has 0 amide bonds. The fourth-order valence-electron chi connectivity index (χ4n) is 2.26. The van der Waals surface area contributed by atoms with Crippen molar-refractivity contribution in [2.24, 2.45) is 0 Å². The van der Waals surface area contributed by atoms with Gasteiger partial charge in [-0.2, -0.15) is 0 Å². The van der Waals surface area contributed by atoms with E-state index in [2.05, 4.69) is 22.5 Å². The Bertz CT molecular complexity index is 542. The average Bonchev–Trinajstić information content (AvgIpc) is 2.73. The van der Waals surface area contributed by atoms with E-state index >= 15 is 0 Å². The molecule has 2 heterocycles. The summed E-state index contributed by atoms with van der Waals surface area (Å²) in [5.41, 5.74) is 2.31. The molecule has 3 rings (SSSR count). The van der Waals surface area contributed by atoms with E-state index in [1.54, 1.807) is 6.07 Å². The Labute approximate surface area is 93.8 Å². The summed E-state index contributed by atoms with van der Waals surface area (Å²) in [6.07, 6.45) is 7.37. The van der Waals surface area contributed by atoms with Crippen LogP contribution in [0.1, 0.15) is 18.0 Å². The second-order valence-electron chi connectivity index (χ2n) is 4.14. The molecule has 3 nitrogen and oxygen atoms in total. The Morgan fingerprint density at radius 1 is 1.25 bits per heavy atom. The van der Waals surface area contributed by atoms with Crippen LogP contribution in [0.4, 0.5) is 0 Å². The lowest BCUT2D eigenvalue weighted by Crippen LogP contribution is -2.23. The maximum Gasteiger partial charge on any atom is 0.116 e. The highest BCUT2D eigenvalue weighted by molar-refractivity contribution is 5.85. The van der Waals surface area contributed by atoms with Gasteiger partial charge in [-0.05, 0) is 30.2 Å². The predicted octanol–water partition coefficient (Wildman–Crippen LogP) is 2.46. The van der Waals surface area contributed by atoms with Crippen LogP contribution in [0.2, 0.25) is 0 Å². The van der Waals surface area contributed by atoms with Crippen molar-refractivity contribution >= 4 is 10.9 Å². The van der Waals surface area contributed by atoms with Gasteiger partial charge in [0.25, 0.3) is 0 Å². The summed E-state index contributed by atoms with van der Waals surface area (Å²) >= 11 is 0. The molecule has 0 bridgehead atoms. The highest BCUT2D eigenvalue weighted by atomic mass is 16.3. The number of aromatic amines is 1. The van der Waals surface area contributed by atoms with Gasteiger partial charge in [-0.3, -0.25) is 0 Å². The lowest BCUT2D eigenvalue weighted by molar-refractivity contribution is 0.476. The monoisotopic (exact) mass is 214 g/mol. The number of rotatable bonds is 1. The van der Waals surface area contributed by atoms with Crippen LogP contribution in [0.25, 0.3) is 10.9 Å². The van der Waals surface area contributed by atoms with E-state index in [1.807, 2.05) is 18.3 Å². The molecular formula is C13H14N2O. The third-order valence-corrected chi connectivity index (χ3v) is 3.09. The van der Waals surface area contributed by atoms with Crippen molar-refractivity contribution in [1.82, 2.24) is 10.3 Å². The zero-order chi connectivity index (χ0) is 11.0. The van der Waals surface area contributed by atoms with Gasteiger partial charge in [0.2, 0.25) is 0 Å². The molecule has 1 atom stereocenters. The lowest BCUT2D eigenvalue weighted by atomic mass is 10.0. The average molecular weight is 214 g/mol. The predicted molar refractivity (Wildman–Crippen MR) is 64.5 cm³/mol. The van der Waals surface area contributed by atoms with Gasteiger partial charge in [-0.1, -0.05) is 12.2 Å². The molecule has 3 N–H and O–H groups in total. The van der Waals surface area contributed by atoms with Crippen molar-refractivity contribution in [1.29, 1.82) is 0 Å². The van der Waals surface area contributed by atoms with Crippen LogP contribution >= 0.6 is 0 Å². The molecular weight excluding hydrogens is 200 g/mol. The number of aromatic nitrogens is 1. The van der Waals surface area contributed by atoms with E-state index < -0.39 is 0 Å². The van der Waals surface area contributed by atoms with Crippen molar-refractivity contribution in [3.63, 3.8) is 0 Å². The summed E-state index contributed by atoms with van der Waals surface area (Å²) in [4.78, 5) is 3.24. The van der Waals surface area contributed by atoms with Crippen molar-refractivity contribution in [3.8, 4) is 5.75 Å². The Balaban J connectivity index is 2.09. The quantitative estimate of drug-likeness (QED) is 0.639. The van der Waals surface area contributed by atoms with Crippen molar-refractivity contribution in [2.75, 3.05) is 6.54 Å². The molecule has 1 aliphatic rings. The number of benzene rings is 1. The van der Waals surface area contributed by atoms with Gasteiger partial charge in [0, 0.05) is 29.7 Å². The number of aromatic hydroxyl groups is 1. The molecule has 1 aromatic heterocycles. The summed E-state index contributed by atoms with van der Waals surface area (Å²) in [6, 6.07) is 5.78.